The molecule has 0 spiro atoms. The van der Waals surface area contributed by atoms with Crippen molar-refractivity contribution in [2.24, 2.45) is 0 Å². The Balaban J connectivity index is 2.14. The zero-order chi connectivity index (χ0) is 13.8. The van der Waals surface area contributed by atoms with Crippen LogP contribution in [0.1, 0.15) is 15.9 Å². The van der Waals surface area contributed by atoms with Crippen molar-refractivity contribution in [1.29, 1.82) is 0 Å². The molecule has 0 heterocycles. The lowest BCUT2D eigenvalue weighted by atomic mass is 10.1. The van der Waals surface area contributed by atoms with Gasteiger partial charge in [-0.05, 0) is 45.8 Å². The van der Waals surface area contributed by atoms with Gasteiger partial charge in [0.25, 0.3) is 0 Å². The molecule has 0 aliphatic rings. The van der Waals surface area contributed by atoms with Crippen LogP contribution in [0.3, 0.4) is 0 Å². The minimum absolute atomic E-state index is 0.260. The van der Waals surface area contributed by atoms with Crippen molar-refractivity contribution < 1.29 is 9.90 Å². The van der Waals surface area contributed by atoms with Gasteiger partial charge in [-0.15, -0.1) is 0 Å². The second-order valence-electron chi connectivity index (χ2n) is 3.95. The van der Waals surface area contributed by atoms with Gasteiger partial charge < -0.3 is 10.4 Å². The van der Waals surface area contributed by atoms with Gasteiger partial charge in [0.15, 0.2) is 0 Å². The Kier molecular flexibility index (Phi) is 4.45. The van der Waals surface area contributed by atoms with Crippen molar-refractivity contribution in [2.45, 2.75) is 6.54 Å². The smallest absolute Gasteiger partial charge is 0.337 e. The molecule has 0 atom stereocenters. The lowest BCUT2D eigenvalue weighted by molar-refractivity contribution is 0.0698. The summed E-state index contributed by atoms with van der Waals surface area (Å²) in [6.07, 6.45) is 0. The summed E-state index contributed by atoms with van der Waals surface area (Å²) in [5, 5.41) is 12.8. The van der Waals surface area contributed by atoms with E-state index in [9.17, 15) is 4.79 Å². The minimum Gasteiger partial charge on any atom is -0.478 e. The number of carbonyl (C=O) groups is 1. The Hall–Kier alpha value is -1.52. The summed E-state index contributed by atoms with van der Waals surface area (Å²) >= 11 is 9.28. The van der Waals surface area contributed by atoms with E-state index >= 15 is 0 Å². The molecular weight excluding hydrogens is 330 g/mol. The Morgan fingerprint density at radius 1 is 1.26 bits per heavy atom. The van der Waals surface area contributed by atoms with Crippen LogP contribution < -0.4 is 5.32 Å². The van der Waals surface area contributed by atoms with Gasteiger partial charge in [-0.3, -0.25) is 0 Å². The highest BCUT2D eigenvalue weighted by Gasteiger charge is 2.08. The van der Waals surface area contributed by atoms with Crippen molar-refractivity contribution in [3.05, 3.63) is 63.1 Å². The average molecular weight is 341 g/mol. The zero-order valence-corrected chi connectivity index (χ0v) is 12.2. The van der Waals surface area contributed by atoms with E-state index in [-0.39, 0.29) is 5.56 Å². The lowest BCUT2D eigenvalue weighted by Crippen LogP contribution is -2.06. The molecule has 0 saturated carbocycles. The second-order valence-corrected chi connectivity index (χ2v) is 5.21. The third-order valence-electron chi connectivity index (χ3n) is 2.62. The van der Waals surface area contributed by atoms with Gasteiger partial charge in [-0.25, -0.2) is 4.79 Å². The van der Waals surface area contributed by atoms with Crippen molar-refractivity contribution in [3.63, 3.8) is 0 Å². The molecule has 0 fully saturated rings. The van der Waals surface area contributed by atoms with Crippen LogP contribution in [0, 0.1) is 0 Å². The van der Waals surface area contributed by atoms with Gasteiger partial charge in [-0.2, -0.15) is 0 Å². The monoisotopic (exact) mass is 339 g/mol. The van der Waals surface area contributed by atoms with Gasteiger partial charge in [-0.1, -0.05) is 29.8 Å². The van der Waals surface area contributed by atoms with Gasteiger partial charge in [0.1, 0.15) is 0 Å². The van der Waals surface area contributed by atoms with Crippen molar-refractivity contribution >= 4 is 39.2 Å². The number of rotatable bonds is 4. The maximum Gasteiger partial charge on any atom is 0.337 e. The molecule has 19 heavy (non-hydrogen) atoms. The van der Waals surface area contributed by atoms with Crippen LogP contribution in [0.25, 0.3) is 0 Å². The molecular formula is C14H11BrClNO2. The van der Waals surface area contributed by atoms with Crippen LogP contribution in [0.4, 0.5) is 5.69 Å². The third kappa shape index (κ3) is 3.49. The number of aromatic carboxylic acids is 1. The van der Waals surface area contributed by atoms with Crippen LogP contribution in [0.5, 0.6) is 0 Å². The van der Waals surface area contributed by atoms with Gasteiger partial charge >= 0.3 is 5.97 Å². The van der Waals surface area contributed by atoms with E-state index in [1.54, 1.807) is 30.3 Å². The third-order valence-corrected chi connectivity index (χ3v) is 3.84. The van der Waals surface area contributed by atoms with Crippen molar-refractivity contribution in [3.8, 4) is 0 Å². The van der Waals surface area contributed by atoms with E-state index < -0.39 is 5.97 Å². The highest BCUT2D eigenvalue weighted by atomic mass is 79.9. The molecule has 2 aromatic rings. The number of para-hydroxylation sites is 1. The lowest BCUT2D eigenvalue weighted by Gasteiger charge is -2.10. The zero-order valence-electron chi connectivity index (χ0n) is 9.86. The normalized spacial score (nSPS) is 10.2. The number of halogens is 2. The van der Waals surface area contributed by atoms with E-state index in [4.69, 9.17) is 16.7 Å². The number of anilines is 1. The fourth-order valence-corrected chi connectivity index (χ4v) is 2.21. The largest absolute Gasteiger partial charge is 0.478 e. The molecule has 2 rings (SSSR count). The molecule has 2 aromatic carbocycles. The van der Waals surface area contributed by atoms with Crippen molar-refractivity contribution in [1.82, 2.24) is 0 Å². The molecule has 2 N–H and O–H groups in total. The molecule has 0 saturated heterocycles. The number of benzene rings is 2. The quantitative estimate of drug-likeness (QED) is 0.866. The Labute approximate surface area is 124 Å². The predicted molar refractivity (Wildman–Crippen MR) is 79.9 cm³/mol. The molecule has 0 bridgehead atoms. The number of hydrogen-bond acceptors (Lipinski definition) is 2. The average Bonchev–Trinajstić information content (AvgIpc) is 2.40. The number of hydrogen-bond donors (Lipinski definition) is 2. The van der Waals surface area contributed by atoms with Crippen LogP contribution in [-0.2, 0) is 6.54 Å². The van der Waals surface area contributed by atoms with E-state index in [1.807, 2.05) is 12.1 Å². The molecule has 0 aliphatic heterocycles. The first-order valence-electron chi connectivity index (χ1n) is 5.58. The fraction of sp³-hybridized carbons (Fsp3) is 0.0714. The summed E-state index contributed by atoms with van der Waals surface area (Å²) in [7, 11) is 0. The summed E-state index contributed by atoms with van der Waals surface area (Å²) < 4.78 is 0.819. The van der Waals surface area contributed by atoms with E-state index in [2.05, 4.69) is 21.2 Å². The highest BCUT2D eigenvalue weighted by Crippen LogP contribution is 2.24. The van der Waals surface area contributed by atoms with E-state index in [0.29, 0.717) is 17.3 Å². The Bertz CT molecular complexity index is 616. The molecule has 3 nitrogen and oxygen atoms in total. The van der Waals surface area contributed by atoms with Crippen LogP contribution in [-0.4, -0.2) is 11.1 Å². The first kappa shape index (κ1) is 13.9. The molecule has 0 aliphatic carbocycles. The first-order valence-corrected chi connectivity index (χ1v) is 6.75. The van der Waals surface area contributed by atoms with Gasteiger partial charge in [0.05, 0.1) is 10.6 Å². The van der Waals surface area contributed by atoms with Crippen LogP contribution in [0.15, 0.2) is 46.9 Å². The van der Waals surface area contributed by atoms with Crippen LogP contribution in [0.2, 0.25) is 5.02 Å². The summed E-state index contributed by atoms with van der Waals surface area (Å²) in [6, 6.07) is 12.4. The molecule has 0 amide bonds. The summed E-state index contributed by atoms with van der Waals surface area (Å²) in [6.45, 7) is 0.528. The molecule has 0 radical (unpaired) electrons. The first-order chi connectivity index (χ1) is 9.08. The highest BCUT2D eigenvalue weighted by molar-refractivity contribution is 9.10. The number of carboxylic acid groups (broad SMARTS) is 1. The number of nitrogens with one attached hydrogen (secondary N) is 1. The standard InChI is InChI=1S/C14H11BrClNO2/c15-11-7-9(5-6-12(11)16)8-17-13-4-2-1-3-10(13)14(18)19/h1-7,17H,8H2,(H,18,19). The van der Waals surface area contributed by atoms with Crippen molar-refractivity contribution in [2.75, 3.05) is 5.32 Å². The summed E-state index contributed by atoms with van der Waals surface area (Å²) in [4.78, 5) is 11.1. The fourth-order valence-electron chi connectivity index (χ4n) is 1.67. The van der Waals surface area contributed by atoms with E-state index in [1.165, 1.54) is 0 Å². The molecule has 5 heteroatoms. The SMILES string of the molecule is O=C(O)c1ccccc1NCc1ccc(Cl)c(Br)c1. The maximum absolute atomic E-state index is 11.1. The predicted octanol–water partition coefficient (Wildman–Crippen LogP) is 4.41. The van der Waals surface area contributed by atoms with Gasteiger partial charge in [0.2, 0.25) is 0 Å². The van der Waals surface area contributed by atoms with Gasteiger partial charge in [0, 0.05) is 16.7 Å². The maximum atomic E-state index is 11.1. The second kappa shape index (κ2) is 6.08. The molecule has 98 valence electrons. The van der Waals surface area contributed by atoms with E-state index in [0.717, 1.165) is 10.0 Å². The Morgan fingerprint density at radius 3 is 2.68 bits per heavy atom. The minimum atomic E-state index is -0.944. The van der Waals surface area contributed by atoms with Crippen LogP contribution >= 0.6 is 27.5 Å². The summed E-state index contributed by atoms with van der Waals surface area (Å²) in [5.74, 6) is -0.944. The number of carboxylic acids is 1. The topological polar surface area (TPSA) is 49.3 Å². The molecule has 0 unspecified atom stereocenters. The Morgan fingerprint density at radius 2 is 2.00 bits per heavy atom. The molecule has 0 aromatic heterocycles. The summed E-state index contributed by atoms with van der Waals surface area (Å²) in [5.41, 5.74) is 1.87.